The first-order valence-corrected chi connectivity index (χ1v) is 8.32. The highest BCUT2D eigenvalue weighted by Crippen LogP contribution is 2.21. The Morgan fingerprint density at radius 2 is 1.35 bits per heavy atom. The summed E-state index contributed by atoms with van der Waals surface area (Å²) in [5.74, 6) is -0.792. The SMILES string of the molecule is O=[N+]([O-])c1ccc(N=NC(=NNc2ccc([N+](=O)[O-])cc2)c2ccc([N+](=O)[O-])o2)cc1. The van der Waals surface area contributed by atoms with E-state index in [-0.39, 0.29) is 28.7 Å². The smallest absolute Gasteiger partial charge is 0.397 e. The first-order chi connectivity index (χ1) is 14.8. The average molecular weight is 425 g/mol. The number of benzene rings is 2. The maximum Gasteiger partial charge on any atom is 0.433 e. The lowest BCUT2D eigenvalue weighted by molar-refractivity contribution is -0.402. The lowest BCUT2D eigenvalue weighted by atomic mass is 10.3. The number of nitro groups is 3. The first kappa shape index (κ1) is 20.7. The van der Waals surface area contributed by atoms with Crippen molar-refractivity contribution in [1.82, 2.24) is 0 Å². The van der Waals surface area contributed by atoms with E-state index >= 15 is 0 Å². The summed E-state index contributed by atoms with van der Waals surface area (Å²) in [6.45, 7) is 0. The molecule has 14 nitrogen and oxygen atoms in total. The number of hydrogen-bond donors (Lipinski definition) is 1. The third-order valence-corrected chi connectivity index (χ3v) is 3.68. The lowest BCUT2D eigenvalue weighted by Crippen LogP contribution is -2.00. The largest absolute Gasteiger partial charge is 0.433 e. The maximum absolute atomic E-state index is 10.9. The van der Waals surface area contributed by atoms with Crippen molar-refractivity contribution in [3.63, 3.8) is 0 Å². The number of nitrogens with one attached hydrogen (secondary N) is 1. The second-order valence-electron chi connectivity index (χ2n) is 5.72. The van der Waals surface area contributed by atoms with Gasteiger partial charge < -0.3 is 4.42 Å². The number of furan rings is 1. The number of rotatable bonds is 7. The van der Waals surface area contributed by atoms with Crippen LogP contribution >= 0.6 is 0 Å². The summed E-state index contributed by atoms with van der Waals surface area (Å²) in [7, 11) is 0. The van der Waals surface area contributed by atoms with Gasteiger partial charge >= 0.3 is 5.88 Å². The average Bonchev–Trinajstić information content (AvgIpc) is 3.25. The lowest BCUT2D eigenvalue weighted by Gasteiger charge is -2.01. The van der Waals surface area contributed by atoms with Crippen LogP contribution in [0.5, 0.6) is 0 Å². The van der Waals surface area contributed by atoms with Crippen LogP contribution in [0.15, 0.2) is 80.4 Å². The second-order valence-corrected chi connectivity index (χ2v) is 5.72. The Morgan fingerprint density at radius 3 is 1.87 bits per heavy atom. The van der Waals surface area contributed by atoms with Crippen molar-refractivity contribution in [2.75, 3.05) is 5.43 Å². The highest BCUT2D eigenvalue weighted by atomic mass is 16.7. The zero-order valence-electron chi connectivity index (χ0n) is 15.3. The van der Waals surface area contributed by atoms with E-state index in [9.17, 15) is 30.3 Å². The van der Waals surface area contributed by atoms with Gasteiger partial charge in [-0.3, -0.25) is 35.8 Å². The monoisotopic (exact) mass is 425 g/mol. The van der Waals surface area contributed by atoms with E-state index < -0.39 is 20.7 Å². The van der Waals surface area contributed by atoms with Crippen LogP contribution in [-0.2, 0) is 0 Å². The van der Waals surface area contributed by atoms with E-state index in [1.807, 2.05) is 0 Å². The summed E-state index contributed by atoms with van der Waals surface area (Å²) in [6, 6.07) is 12.9. The van der Waals surface area contributed by atoms with Gasteiger partial charge in [-0.15, -0.1) is 15.3 Å². The van der Waals surface area contributed by atoms with Crippen molar-refractivity contribution in [2.45, 2.75) is 0 Å². The van der Waals surface area contributed by atoms with Gasteiger partial charge in [0, 0.05) is 24.3 Å². The molecule has 156 valence electrons. The normalized spacial score (nSPS) is 11.4. The Morgan fingerprint density at radius 1 is 0.774 bits per heavy atom. The fraction of sp³-hybridized carbons (Fsp3) is 0. The van der Waals surface area contributed by atoms with Gasteiger partial charge in [0.15, 0.2) is 5.76 Å². The molecule has 0 unspecified atom stereocenters. The molecule has 0 radical (unpaired) electrons. The molecule has 0 spiro atoms. The first-order valence-electron chi connectivity index (χ1n) is 8.32. The van der Waals surface area contributed by atoms with Crippen molar-refractivity contribution in [2.24, 2.45) is 15.3 Å². The molecule has 1 heterocycles. The van der Waals surface area contributed by atoms with Crippen molar-refractivity contribution in [3.05, 3.63) is 96.8 Å². The Balaban J connectivity index is 1.88. The van der Waals surface area contributed by atoms with Crippen LogP contribution < -0.4 is 5.43 Å². The molecule has 14 heteroatoms. The summed E-state index contributed by atoms with van der Waals surface area (Å²) in [5.41, 5.74) is 2.98. The van der Waals surface area contributed by atoms with Crippen molar-refractivity contribution in [3.8, 4) is 0 Å². The molecule has 0 amide bonds. The van der Waals surface area contributed by atoms with Gasteiger partial charge in [-0.2, -0.15) is 0 Å². The van der Waals surface area contributed by atoms with Gasteiger partial charge in [-0.1, -0.05) is 0 Å². The number of nitro benzene ring substituents is 2. The van der Waals surface area contributed by atoms with Crippen molar-refractivity contribution >= 4 is 34.5 Å². The highest BCUT2D eigenvalue weighted by molar-refractivity contribution is 5.97. The standard InChI is InChI=1S/C17H11N7O7/c25-22(26)13-5-1-11(2-6-13)18-20-17(15-9-10-16(31-15)24(29)30)21-19-12-3-7-14(8-4-12)23(27)28/h1-10,18H. The summed E-state index contributed by atoms with van der Waals surface area (Å²) in [5, 5.41) is 44.1. The van der Waals surface area contributed by atoms with Crippen molar-refractivity contribution < 1.29 is 19.2 Å². The molecular formula is C17H11N7O7. The molecule has 3 aromatic rings. The molecule has 1 N–H and O–H groups in total. The van der Waals surface area contributed by atoms with Crippen LogP contribution in [0.25, 0.3) is 0 Å². The Kier molecular flexibility index (Phi) is 6.01. The topological polar surface area (TPSA) is 192 Å². The summed E-state index contributed by atoms with van der Waals surface area (Å²) in [6.07, 6.45) is 0. The second kappa shape index (κ2) is 8.99. The van der Waals surface area contributed by atoms with Gasteiger partial charge in [-0.25, -0.2) is 0 Å². The van der Waals surface area contributed by atoms with Crippen LogP contribution in [0.2, 0.25) is 0 Å². The van der Waals surface area contributed by atoms with Crippen LogP contribution in [0.1, 0.15) is 5.76 Å². The number of azo groups is 1. The fourth-order valence-electron chi connectivity index (χ4n) is 2.19. The fourth-order valence-corrected chi connectivity index (χ4v) is 2.19. The van der Waals surface area contributed by atoms with Crippen molar-refractivity contribution in [1.29, 1.82) is 0 Å². The van der Waals surface area contributed by atoms with Gasteiger partial charge in [-0.05, 0) is 30.3 Å². The molecule has 3 rings (SSSR count). The summed E-state index contributed by atoms with van der Waals surface area (Å²) >= 11 is 0. The van der Waals surface area contributed by atoms with Gasteiger partial charge in [0.25, 0.3) is 11.4 Å². The molecule has 0 saturated heterocycles. The molecule has 0 aliphatic heterocycles. The molecule has 2 aromatic carbocycles. The zero-order chi connectivity index (χ0) is 22.4. The minimum atomic E-state index is -0.738. The quantitative estimate of drug-likeness (QED) is 0.187. The third kappa shape index (κ3) is 5.29. The molecule has 0 atom stereocenters. The van der Waals surface area contributed by atoms with Crippen LogP contribution in [0.4, 0.5) is 28.6 Å². The zero-order valence-corrected chi connectivity index (χ0v) is 15.3. The number of hydrazone groups is 1. The van der Waals surface area contributed by atoms with E-state index in [1.165, 1.54) is 54.6 Å². The number of nitrogens with zero attached hydrogens (tertiary/aromatic N) is 6. The predicted molar refractivity (Wildman–Crippen MR) is 106 cm³/mol. The van der Waals surface area contributed by atoms with Crippen LogP contribution in [0.3, 0.4) is 0 Å². The predicted octanol–water partition coefficient (Wildman–Crippen LogP) is 4.56. The van der Waals surface area contributed by atoms with E-state index in [0.29, 0.717) is 5.69 Å². The summed E-state index contributed by atoms with van der Waals surface area (Å²) in [4.78, 5) is 30.4. The third-order valence-electron chi connectivity index (χ3n) is 3.68. The van der Waals surface area contributed by atoms with Crippen LogP contribution in [0, 0.1) is 30.3 Å². The molecule has 31 heavy (non-hydrogen) atoms. The molecule has 0 saturated carbocycles. The Hall–Kier alpha value is -5.01. The number of non-ortho nitro benzene ring substituents is 2. The van der Waals surface area contributed by atoms with Crippen LogP contribution in [-0.4, -0.2) is 20.6 Å². The summed E-state index contributed by atoms with van der Waals surface area (Å²) < 4.78 is 5.08. The minimum Gasteiger partial charge on any atom is -0.397 e. The number of amidine groups is 1. The number of anilines is 1. The molecule has 0 aliphatic carbocycles. The highest BCUT2D eigenvalue weighted by Gasteiger charge is 2.16. The van der Waals surface area contributed by atoms with Gasteiger partial charge in [0.1, 0.15) is 4.92 Å². The Bertz CT molecular complexity index is 1180. The van der Waals surface area contributed by atoms with E-state index in [1.54, 1.807) is 0 Å². The Labute approximate surface area is 172 Å². The van der Waals surface area contributed by atoms with E-state index in [2.05, 4.69) is 20.8 Å². The maximum atomic E-state index is 10.9. The minimum absolute atomic E-state index is 0.0771. The van der Waals surface area contributed by atoms with E-state index in [4.69, 9.17) is 4.42 Å². The van der Waals surface area contributed by atoms with Gasteiger partial charge in [0.2, 0.25) is 5.84 Å². The molecule has 1 aromatic heterocycles. The molecule has 0 aliphatic rings. The van der Waals surface area contributed by atoms with E-state index in [0.717, 1.165) is 6.07 Å². The van der Waals surface area contributed by atoms with Gasteiger partial charge in [0.05, 0.1) is 27.3 Å². The molecular weight excluding hydrogens is 414 g/mol. The molecule has 0 fully saturated rings. The number of hydrogen-bond acceptors (Lipinski definition) is 10. The molecule has 0 bridgehead atoms.